The highest BCUT2D eigenvalue weighted by Gasteiger charge is 2.50. The molecule has 13 atom stereocenters. The van der Waals surface area contributed by atoms with Gasteiger partial charge < -0.3 is 96.4 Å². The molecule has 4 aliphatic heterocycles. The third kappa shape index (κ3) is 18.6. The second kappa shape index (κ2) is 32.8. The number of nitrogens with two attached hydrogens (primary N) is 1. The van der Waals surface area contributed by atoms with Crippen molar-refractivity contribution in [3.8, 4) is 33.3 Å². The first-order valence-electron chi connectivity index (χ1n) is 32.0. The maximum Gasteiger partial charge on any atom is 0.266 e. The fourth-order valence-electron chi connectivity index (χ4n) is 12.3. The zero-order valence-corrected chi connectivity index (χ0v) is 55.3. The van der Waals surface area contributed by atoms with Crippen LogP contribution in [0.5, 0.6) is 11.5 Å². The number of nitrogens with zero attached hydrogens (tertiary/aromatic N) is 6. The zero-order valence-electron chi connectivity index (χ0n) is 53.7. The van der Waals surface area contributed by atoms with Gasteiger partial charge in [-0.2, -0.15) is 5.10 Å². The number of β-amino-alcohol motifs (C(OH)–C–C–N with tert-alkyl or cyclic N) is 1. The number of phenolic OH excluding ortho intramolecular Hbond substituents is 1. The van der Waals surface area contributed by atoms with Crippen molar-refractivity contribution in [2.75, 3.05) is 64.5 Å². The number of carbonyl (C=O) groups is 7. The predicted octanol–water partition coefficient (Wildman–Crippen LogP) is -0.553. The van der Waals surface area contributed by atoms with E-state index in [1.807, 2.05) is 12.1 Å². The highest BCUT2D eigenvalue weighted by molar-refractivity contribution is 8.15. The molecule has 4 aliphatic rings. The van der Waals surface area contributed by atoms with Gasteiger partial charge in [-0.25, -0.2) is 9.50 Å². The highest BCUT2D eigenvalue weighted by Crippen LogP contribution is 2.41. The SMILES string of the molecule is COCCCCCOC1CCN(c2ccc(-c3nn4cc(-c5ccc(C(=O)NC6C[C@@H](O)CNC(=O)[C@@H]7[C@@H](O)[C@@H](C)CN7C(=O)[C@H]([C@H](O)CCN)NC(=O)[C@H]([C@H](O)Cc7ccc(O)c(OS(O)(O)O)c7)NC(=O)[C@@H]7C[C@@H](O)CN7C(=O)[C@H]([C@@H](C)O)NC6=O)cc5)nc4s3)cc2)CC1. The van der Waals surface area contributed by atoms with Crippen molar-refractivity contribution >= 4 is 74.5 Å². The number of piperidine rings is 1. The number of hydrogen-bond donors (Lipinski definition) is 16. The Balaban J connectivity index is 0.934. The zero-order chi connectivity index (χ0) is 70.0. The summed E-state index contributed by atoms with van der Waals surface area (Å²) in [5.74, 6) is -10.2. The molecule has 4 saturated heterocycles. The lowest BCUT2D eigenvalue weighted by atomic mass is 9.98. The van der Waals surface area contributed by atoms with Gasteiger partial charge in [0, 0.05) is 101 Å². The molecule has 2 aromatic heterocycles. The van der Waals surface area contributed by atoms with Crippen molar-refractivity contribution in [1.29, 1.82) is 0 Å². The fourth-order valence-corrected chi connectivity index (χ4v) is 13.6. The number of rotatable bonds is 21. The predicted molar refractivity (Wildman–Crippen MR) is 351 cm³/mol. The molecular formula is C63H86N12O20S2. The summed E-state index contributed by atoms with van der Waals surface area (Å²) >= 11 is -3.33. The van der Waals surface area contributed by atoms with E-state index in [4.69, 9.17) is 25.3 Å². The monoisotopic (exact) mass is 1390 g/mol. The molecule has 0 spiro atoms. The highest BCUT2D eigenvalue weighted by atomic mass is 32.3. The molecule has 1 unspecified atom stereocenters. The summed E-state index contributed by atoms with van der Waals surface area (Å²) in [6.45, 7) is 4.05. The Morgan fingerprint density at radius 2 is 1.45 bits per heavy atom. The number of amides is 7. The van der Waals surface area contributed by atoms with Gasteiger partial charge >= 0.3 is 0 Å². The van der Waals surface area contributed by atoms with E-state index in [-0.39, 0.29) is 36.7 Å². The number of anilines is 1. The Morgan fingerprint density at radius 1 is 0.784 bits per heavy atom. The van der Waals surface area contributed by atoms with Gasteiger partial charge in [0.25, 0.3) is 17.1 Å². The fraction of sp³-hybridized carbons (Fsp3) is 0.540. The molecule has 7 amide bonds. The molecule has 0 radical (unpaired) electrons. The number of nitrogens with one attached hydrogen (secondary N) is 5. The quantitative estimate of drug-likeness (QED) is 0.0410. The number of carbonyl (C=O) groups excluding carboxylic acids is 7. The Labute approximate surface area is 563 Å². The maximum atomic E-state index is 14.7. The van der Waals surface area contributed by atoms with E-state index in [2.05, 4.69) is 47.8 Å². The molecule has 34 heteroatoms. The topological polar surface area (TPSA) is 476 Å². The van der Waals surface area contributed by atoms with Crippen LogP contribution in [0, 0.1) is 5.92 Å². The van der Waals surface area contributed by atoms with E-state index < -0.39 is 175 Å². The van der Waals surface area contributed by atoms with Crippen LogP contribution >= 0.6 is 22.5 Å². The van der Waals surface area contributed by atoms with Crippen LogP contribution in [0.2, 0.25) is 0 Å². The summed E-state index contributed by atoms with van der Waals surface area (Å²) in [6, 6.07) is 6.08. The number of aromatic nitrogens is 3. The smallest absolute Gasteiger partial charge is 0.266 e. The molecule has 6 heterocycles. The Hall–Kier alpha value is -7.68. The number of aliphatic hydroxyl groups excluding tert-OH is 6. The van der Waals surface area contributed by atoms with Crippen LogP contribution in [0.1, 0.15) is 81.1 Å². The lowest BCUT2D eigenvalue weighted by molar-refractivity contribution is -0.147. The molecule has 0 saturated carbocycles. The second-order valence-corrected chi connectivity index (χ2v) is 27.0. The van der Waals surface area contributed by atoms with Crippen molar-refractivity contribution in [2.24, 2.45) is 11.7 Å². The summed E-state index contributed by atoms with van der Waals surface area (Å²) in [4.78, 5) is 111. The number of imidazole rings is 1. The number of benzene rings is 3. The summed E-state index contributed by atoms with van der Waals surface area (Å²) in [5.41, 5.74) is 8.91. The van der Waals surface area contributed by atoms with Crippen LogP contribution in [0.15, 0.2) is 72.9 Å². The van der Waals surface area contributed by atoms with Gasteiger partial charge in [-0.15, -0.1) is 0 Å². The molecule has 5 aromatic rings. The number of aliphatic hydroxyl groups is 6. The van der Waals surface area contributed by atoms with E-state index in [1.54, 1.807) is 30.0 Å². The molecule has 530 valence electrons. The summed E-state index contributed by atoms with van der Waals surface area (Å²) in [7, 11) is 1.71. The Kier molecular flexibility index (Phi) is 24.9. The van der Waals surface area contributed by atoms with Crippen LogP contribution in [-0.4, -0.2) is 254 Å². The lowest BCUT2D eigenvalue weighted by Gasteiger charge is -2.34. The van der Waals surface area contributed by atoms with Gasteiger partial charge in [0.15, 0.2) is 11.5 Å². The van der Waals surface area contributed by atoms with Gasteiger partial charge in [0.1, 0.15) is 41.3 Å². The van der Waals surface area contributed by atoms with Gasteiger partial charge in [-0.1, -0.05) is 36.5 Å². The largest absolute Gasteiger partial charge is 0.504 e. The first-order valence-corrected chi connectivity index (χ1v) is 34.3. The molecule has 0 bridgehead atoms. The standard InChI is InChI=1S/C63H86N12O20S2/c1-33-30-74-53(54(33)82)59(87)65-29-40(77)27-43(66-55(83)37-10-8-36(9-11-37)44-32-75-63(67-44)96-60(71-75)38-12-14-39(15-13-38)72-21-18-42(19-22-72)94-24-6-4-5-23-93-3)56(84)68-50(34(2)76)61(88)73-31-41(78)28-45(73)57(85)69-51(58(86)70-52(62(74)89)47(80)17-20-64)48(81)25-35-7-16-46(79)49(26-35)95-97(90,91)92/h7-16,26,32-34,40-43,45,47-48,50-54,76-82,90-92H,4-6,17-25,27-31,64H2,1-3H3,(H,65,87)(H,66,83)(H,68,84)(H,69,85)(H,70,86)/t33-,34+,40+,41+,43?,45-,47+,48+,50-,51-,52-,53-,54-/m0/s1. The molecule has 97 heavy (non-hydrogen) atoms. The van der Waals surface area contributed by atoms with Crippen LogP contribution in [0.4, 0.5) is 5.69 Å². The number of phenols is 1. The Morgan fingerprint density at radius 3 is 2.12 bits per heavy atom. The van der Waals surface area contributed by atoms with Gasteiger partial charge in [-0.05, 0) is 106 Å². The summed E-state index contributed by atoms with van der Waals surface area (Å²) in [5, 5.41) is 96.5. The van der Waals surface area contributed by atoms with E-state index in [0.717, 1.165) is 104 Å². The number of unbranched alkanes of at least 4 members (excludes halogenated alkanes) is 2. The van der Waals surface area contributed by atoms with E-state index >= 15 is 0 Å². The second-order valence-electron chi connectivity index (χ2n) is 24.9. The molecule has 32 nitrogen and oxygen atoms in total. The van der Waals surface area contributed by atoms with Crippen LogP contribution in [0.25, 0.3) is 26.8 Å². The normalized spacial score (nSPS) is 25.7. The van der Waals surface area contributed by atoms with Crippen molar-refractivity contribution in [3.05, 3.63) is 84.1 Å². The van der Waals surface area contributed by atoms with Gasteiger partial charge in [0.05, 0.1) is 54.6 Å². The van der Waals surface area contributed by atoms with Crippen LogP contribution in [-0.2, 0) is 44.7 Å². The van der Waals surface area contributed by atoms with Crippen LogP contribution in [0.3, 0.4) is 0 Å². The molecule has 4 fully saturated rings. The minimum Gasteiger partial charge on any atom is -0.504 e. The number of methoxy groups -OCH3 is 1. The molecule has 0 aliphatic carbocycles. The first-order chi connectivity index (χ1) is 46.2. The number of fused-ring (bicyclic) bond motifs is 3. The minimum absolute atomic E-state index is 0.0148. The van der Waals surface area contributed by atoms with Gasteiger partial charge in [0.2, 0.25) is 40.4 Å². The number of aromatic hydroxyl groups is 1. The first kappa shape index (κ1) is 73.6. The van der Waals surface area contributed by atoms with Crippen molar-refractivity contribution < 1.29 is 96.6 Å². The summed E-state index contributed by atoms with van der Waals surface area (Å²) in [6.07, 6.45) is -5.62. The van der Waals surface area contributed by atoms with Gasteiger partial charge in [-0.3, -0.25) is 47.2 Å². The molecule has 17 N–H and O–H groups in total. The van der Waals surface area contributed by atoms with E-state index in [0.29, 0.717) is 16.2 Å². The molecular weight excluding hydrogens is 1310 g/mol. The average Bonchev–Trinajstić information content (AvgIpc) is 1.70. The van der Waals surface area contributed by atoms with Crippen molar-refractivity contribution in [2.45, 2.75) is 151 Å². The number of hydrogen-bond acceptors (Lipinski definition) is 25. The van der Waals surface area contributed by atoms with E-state index in [1.165, 1.54) is 36.5 Å². The molecule has 3 aromatic carbocycles. The van der Waals surface area contributed by atoms with Crippen molar-refractivity contribution in [3.63, 3.8) is 0 Å². The Bertz CT molecular complexity index is 3520. The van der Waals surface area contributed by atoms with E-state index in [9.17, 15) is 83.0 Å². The third-order valence-corrected chi connectivity index (χ3v) is 19.0. The number of ether oxygens (including phenoxy) is 2. The average molecular weight is 1400 g/mol. The minimum atomic E-state index is -4.72. The maximum absolute atomic E-state index is 14.7. The summed E-state index contributed by atoms with van der Waals surface area (Å²) < 4.78 is 46.2. The third-order valence-electron chi connectivity index (χ3n) is 17.6. The van der Waals surface area contributed by atoms with Crippen LogP contribution < -0.4 is 41.4 Å². The lowest BCUT2D eigenvalue weighted by Crippen LogP contribution is -2.64. The van der Waals surface area contributed by atoms with Crippen molar-refractivity contribution in [1.82, 2.24) is 51.0 Å². The molecule has 9 rings (SSSR count).